The Balaban J connectivity index is 1.64. The summed E-state index contributed by atoms with van der Waals surface area (Å²) < 4.78 is 12.8. The summed E-state index contributed by atoms with van der Waals surface area (Å²) in [5.41, 5.74) is -0.299. The molecule has 9 nitrogen and oxygen atoms in total. The van der Waals surface area contributed by atoms with Gasteiger partial charge in [-0.25, -0.2) is 4.68 Å². The van der Waals surface area contributed by atoms with Crippen LogP contribution in [0.4, 0.5) is 11.6 Å². The lowest BCUT2D eigenvalue weighted by atomic mass is 10.1. The van der Waals surface area contributed by atoms with Gasteiger partial charge < -0.3 is 14.4 Å². The Labute approximate surface area is 178 Å². The van der Waals surface area contributed by atoms with E-state index in [1.165, 1.54) is 11.7 Å². The molecular weight excluding hydrogens is 400 g/mol. The van der Waals surface area contributed by atoms with Gasteiger partial charge >= 0.3 is 11.1 Å². The first-order chi connectivity index (χ1) is 15.0. The minimum atomic E-state index is -0.820. The number of ether oxygens (including phenoxy) is 2. The number of anilines is 2. The molecule has 2 heterocycles. The molecule has 160 valence electrons. The molecule has 0 saturated heterocycles. The molecule has 0 bridgehead atoms. The molecule has 0 radical (unpaired) electrons. The Morgan fingerprint density at radius 2 is 1.65 bits per heavy atom. The van der Waals surface area contributed by atoms with Crippen LogP contribution >= 0.6 is 0 Å². The summed E-state index contributed by atoms with van der Waals surface area (Å²) in [7, 11) is 1.54. The monoisotopic (exact) mass is 422 g/mol. The average Bonchev–Trinajstić information content (AvgIpc) is 3.22. The summed E-state index contributed by atoms with van der Waals surface area (Å²) in [6, 6.07) is 13.9. The summed E-state index contributed by atoms with van der Waals surface area (Å²) in [5.74, 6) is 1.36. The lowest BCUT2D eigenvalue weighted by molar-refractivity contribution is 0.0965. The van der Waals surface area contributed by atoms with Gasteiger partial charge in [0, 0.05) is 24.3 Å². The number of ketones is 1. The summed E-state index contributed by atoms with van der Waals surface area (Å²) >= 11 is 0. The second kappa shape index (κ2) is 8.47. The number of carbonyl (C=O) groups excluding carboxylic acids is 1. The van der Waals surface area contributed by atoms with Crippen LogP contribution in [0.25, 0.3) is 0 Å². The number of benzene rings is 2. The number of carbonyl (C=O) groups is 1. The molecule has 9 heteroatoms. The third-order valence-corrected chi connectivity index (χ3v) is 5.07. The first kappa shape index (κ1) is 20.4. The number of fused-ring (bicyclic) bond motifs is 1. The number of aromatic nitrogens is 3. The molecule has 0 aliphatic carbocycles. The summed E-state index contributed by atoms with van der Waals surface area (Å²) in [6.45, 7) is 2.99. The Hall–Kier alpha value is -3.88. The van der Waals surface area contributed by atoms with E-state index < -0.39 is 11.1 Å². The number of methoxy groups -OCH3 is 1. The van der Waals surface area contributed by atoms with E-state index in [-0.39, 0.29) is 12.3 Å². The minimum Gasteiger partial charge on any atom is -0.497 e. The van der Waals surface area contributed by atoms with Gasteiger partial charge in [0.2, 0.25) is 5.95 Å². The largest absolute Gasteiger partial charge is 0.497 e. The minimum absolute atomic E-state index is 0.327. The fourth-order valence-electron chi connectivity index (χ4n) is 3.47. The molecule has 4 rings (SSSR count). The van der Waals surface area contributed by atoms with Crippen LogP contribution in [0.15, 0.2) is 58.1 Å². The van der Waals surface area contributed by atoms with Gasteiger partial charge in [-0.1, -0.05) is 0 Å². The van der Waals surface area contributed by atoms with Crippen molar-refractivity contribution in [3.63, 3.8) is 0 Å². The van der Waals surface area contributed by atoms with Gasteiger partial charge in [0.25, 0.3) is 0 Å². The van der Waals surface area contributed by atoms with Crippen molar-refractivity contribution in [2.75, 3.05) is 25.2 Å². The number of rotatable bonds is 7. The van der Waals surface area contributed by atoms with E-state index in [0.29, 0.717) is 37.0 Å². The highest BCUT2D eigenvalue weighted by atomic mass is 16.5. The van der Waals surface area contributed by atoms with Crippen LogP contribution in [0.2, 0.25) is 0 Å². The van der Waals surface area contributed by atoms with E-state index in [0.717, 1.165) is 16.1 Å². The first-order valence-corrected chi connectivity index (χ1v) is 9.91. The Morgan fingerprint density at radius 3 is 2.29 bits per heavy atom. The lowest BCUT2D eigenvalue weighted by Crippen LogP contribution is -2.43. The molecule has 0 unspecified atom stereocenters. The van der Waals surface area contributed by atoms with Crippen LogP contribution in [0, 0.1) is 0 Å². The molecule has 3 aromatic rings. The second-order valence-electron chi connectivity index (χ2n) is 6.95. The Kier molecular flexibility index (Phi) is 5.57. The van der Waals surface area contributed by atoms with E-state index in [1.807, 2.05) is 36.1 Å². The third kappa shape index (κ3) is 3.94. The SMILES string of the molecule is CCOc1ccc(N2CCn3c2nn(CC(=O)c2ccc(OC)cc2)c(=O)c3=O)cc1. The first-order valence-electron chi connectivity index (χ1n) is 9.91. The van der Waals surface area contributed by atoms with Crippen LogP contribution in [-0.2, 0) is 13.1 Å². The van der Waals surface area contributed by atoms with Crippen molar-refractivity contribution >= 4 is 17.4 Å². The van der Waals surface area contributed by atoms with Gasteiger partial charge in [-0.2, -0.15) is 0 Å². The predicted octanol–water partition coefficient (Wildman–Crippen LogP) is 1.85. The highest BCUT2D eigenvalue weighted by Gasteiger charge is 2.26. The molecule has 1 aliphatic rings. The normalized spacial score (nSPS) is 12.5. The molecular formula is C22H22N4O5. The smallest absolute Gasteiger partial charge is 0.333 e. The van der Waals surface area contributed by atoms with Gasteiger partial charge in [-0.3, -0.25) is 19.0 Å². The number of hydrogen-bond acceptors (Lipinski definition) is 7. The van der Waals surface area contributed by atoms with Crippen molar-refractivity contribution in [3.05, 3.63) is 74.8 Å². The zero-order chi connectivity index (χ0) is 22.0. The number of Topliss-reactive ketones (excluding diaryl/α,β-unsaturated/α-hetero) is 1. The van der Waals surface area contributed by atoms with Gasteiger partial charge in [0.15, 0.2) is 5.78 Å². The third-order valence-electron chi connectivity index (χ3n) is 5.07. The fraction of sp³-hybridized carbons (Fsp3) is 0.273. The second-order valence-corrected chi connectivity index (χ2v) is 6.95. The lowest BCUT2D eigenvalue weighted by Gasteiger charge is -2.18. The highest BCUT2D eigenvalue weighted by Crippen LogP contribution is 2.28. The predicted molar refractivity (Wildman–Crippen MR) is 115 cm³/mol. The van der Waals surface area contributed by atoms with Crippen LogP contribution in [0.3, 0.4) is 0 Å². The summed E-state index contributed by atoms with van der Waals surface area (Å²) in [6.07, 6.45) is 0. The molecule has 0 saturated carbocycles. The van der Waals surface area contributed by atoms with Gasteiger partial charge in [0.1, 0.15) is 18.0 Å². The van der Waals surface area contributed by atoms with Crippen LogP contribution in [0.1, 0.15) is 17.3 Å². The zero-order valence-corrected chi connectivity index (χ0v) is 17.3. The van der Waals surface area contributed by atoms with E-state index >= 15 is 0 Å². The van der Waals surface area contributed by atoms with E-state index in [4.69, 9.17) is 9.47 Å². The average molecular weight is 422 g/mol. The van der Waals surface area contributed by atoms with E-state index in [2.05, 4.69) is 5.10 Å². The van der Waals surface area contributed by atoms with Crippen LogP contribution in [-0.4, -0.2) is 40.4 Å². The van der Waals surface area contributed by atoms with Crippen LogP contribution < -0.4 is 25.5 Å². The highest BCUT2D eigenvalue weighted by molar-refractivity contribution is 5.95. The zero-order valence-electron chi connectivity index (χ0n) is 17.3. The molecule has 31 heavy (non-hydrogen) atoms. The van der Waals surface area contributed by atoms with Crippen molar-refractivity contribution in [2.45, 2.75) is 20.0 Å². The molecule has 0 atom stereocenters. The maximum absolute atomic E-state index is 12.7. The maximum atomic E-state index is 12.7. The van der Waals surface area contributed by atoms with E-state index in [9.17, 15) is 14.4 Å². The van der Waals surface area contributed by atoms with Crippen molar-refractivity contribution in [1.29, 1.82) is 0 Å². The Bertz CT molecular complexity index is 1210. The van der Waals surface area contributed by atoms with Crippen LogP contribution in [0.5, 0.6) is 11.5 Å². The maximum Gasteiger partial charge on any atom is 0.333 e. The molecule has 0 N–H and O–H groups in total. The molecule has 1 aromatic heterocycles. The number of hydrogen-bond donors (Lipinski definition) is 0. The molecule has 0 amide bonds. The molecule has 2 aromatic carbocycles. The fourth-order valence-corrected chi connectivity index (χ4v) is 3.47. The summed E-state index contributed by atoms with van der Waals surface area (Å²) in [5, 5.41) is 4.35. The van der Waals surface area contributed by atoms with Crippen molar-refractivity contribution in [3.8, 4) is 11.5 Å². The topological polar surface area (TPSA) is 95.7 Å². The van der Waals surface area contributed by atoms with E-state index in [1.54, 1.807) is 24.3 Å². The van der Waals surface area contributed by atoms with Gasteiger partial charge in [-0.15, -0.1) is 5.10 Å². The Morgan fingerprint density at radius 1 is 0.968 bits per heavy atom. The summed E-state index contributed by atoms with van der Waals surface area (Å²) in [4.78, 5) is 39.6. The van der Waals surface area contributed by atoms with Gasteiger partial charge in [-0.05, 0) is 55.5 Å². The molecule has 1 aliphatic heterocycles. The number of nitrogens with zero attached hydrogens (tertiary/aromatic N) is 4. The molecule has 0 spiro atoms. The standard InChI is InChI=1S/C22H22N4O5/c1-3-31-18-10-6-16(7-11-18)24-12-13-25-20(28)21(29)26(23-22(24)25)14-19(27)15-4-8-17(30-2)9-5-15/h4-11H,3,12-14H2,1-2H3. The van der Waals surface area contributed by atoms with Crippen molar-refractivity contribution in [2.24, 2.45) is 0 Å². The quantitative estimate of drug-likeness (QED) is 0.423. The van der Waals surface area contributed by atoms with Gasteiger partial charge in [0.05, 0.1) is 13.7 Å². The molecule has 0 fully saturated rings. The van der Waals surface area contributed by atoms with Crippen molar-refractivity contribution < 1.29 is 14.3 Å². The van der Waals surface area contributed by atoms with Crippen molar-refractivity contribution in [1.82, 2.24) is 14.3 Å².